The highest BCUT2D eigenvalue weighted by Crippen LogP contribution is 2.39. The molecular weight excluding hydrogens is 390 g/mol. The van der Waals surface area contributed by atoms with Crippen LogP contribution in [0, 0.1) is 0 Å². The Balaban J connectivity index is 1.37. The molecule has 1 aliphatic heterocycles. The largest absolute Gasteiger partial charge is 0.505 e. The van der Waals surface area contributed by atoms with E-state index in [1.807, 2.05) is 6.07 Å². The molecule has 0 bridgehead atoms. The number of ether oxygens (including phenoxy) is 4. The van der Waals surface area contributed by atoms with Gasteiger partial charge >= 0.3 is 5.97 Å². The van der Waals surface area contributed by atoms with Crippen molar-refractivity contribution in [3.8, 4) is 28.7 Å². The highest BCUT2D eigenvalue weighted by Gasteiger charge is 2.19. The van der Waals surface area contributed by atoms with Gasteiger partial charge in [0, 0.05) is 23.8 Å². The first-order valence-electron chi connectivity index (χ1n) is 9.47. The van der Waals surface area contributed by atoms with Crippen molar-refractivity contribution in [1.82, 2.24) is 15.0 Å². The number of rotatable bonds is 8. The molecule has 0 saturated carbocycles. The van der Waals surface area contributed by atoms with Crippen molar-refractivity contribution in [3.63, 3.8) is 0 Å². The number of aromatic nitrogens is 3. The van der Waals surface area contributed by atoms with Crippen molar-refractivity contribution >= 4 is 17.0 Å². The van der Waals surface area contributed by atoms with Crippen molar-refractivity contribution in [2.24, 2.45) is 0 Å². The van der Waals surface area contributed by atoms with E-state index in [0.717, 1.165) is 6.42 Å². The van der Waals surface area contributed by atoms with Gasteiger partial charge in [-0.1, -0.05) is 6.58 Å². The van der Waals surface area contributed by atoms with Gasteiger partial charge < -0.3 is 24.1 Å². The second-order valence-corrected chi connectivity index (χ2v) is 6.81. The molecule has 3 aromatic rings. The summed E-state index contributed by atoms with van der Waals surface area (Å²) in [5.41, 5.74) is 2.06. The summed E-state index contributed by atoms with van der Waals surface area (Å²) in [4.78, 5) is 12.7. The third-order valence-corrected chi connectivity index (χ3v) is 4.43. The summed E-state index contributed by atoms with van der Waals surface area (Å²) in [6.07, 6.45) is 1.43. The van der Waals surface area contributed by atoms with E-state index in [4.69, 9.17) is 18.9 Å². The van der Waals surface area contributed by atoms with Crippen molar-refractivity contribution in [2.45, 2.75) is 19.8 Å². The number of hydrogen-bond acceptors (Lipinski definition) is 8. The second-order valence-electron chi connectivity index (χ2n) is 6.81. The molecular formula is C21H21N3O6. The minimum atomic E-state index is -0.377. The van der Waals surface area contributed by atoms with Crippen LogP contribution >= 0.6 is 0 Å². The summed E-state index contributed by atoms with van der Waals surface area (Å²) in [6.45, 7) is 6.08. The number of esters is 1. The molecule has 9 nitrogen and oxygen atoms in total. The fourth-order valence-electron chi connectivity index (χ4n) is 2.85. The average molecular weight is 411 g/mol. The number of phenols is 1. The van der Waals surface area contributed by atoms with Gasteiger partial charge in [0.05, 0.1) is 13.2 Å². The number of aromatic hydroxyl groups is 1. The van der Waals surface area contributed by atoms with E-state index in [0.29, 0.717) is 59.2 Å². The molecule has 0 amide bonds. The number of fused-ring (bicyclic) bond motifs is 2. The van der Waals surface area contributed by atoms with E-state index in [2.05, 4.69) is 16.8 Å². The van der Waals surface area contributed by atoms with Crippen LogP contribution in [0.15, 0.2) is 42.5 Å². The lowest BCUT2D eigenvalue weighted by molar-refractivity contribution is -0.139. The maximum atomic E-state index is 11.3. The Labute approximate surface area is 172 Å². The molecule has 0 atom stereocenters. The van der Waals surface area contributed by atoms with Crippen LogP contribution < -0.4 is 14.2 Å². The highest BCUT2D eigenvalue weighted by molar-refractivity contribution is 5.86. The lowest BCUT2D eigenvalue weighted by Crippen LogP contribution is -2.07. The average Bonchev–Trinajstić information content (AvgIpc) is 3.35. The molecule has 1 aromatic heterocycles. The monoisotopic (exact) mass is 411 g/mol. The summed E-state index contributed by atoms with van der Waals surface area (Å²) in [5.74, 6) is 1.28. The number of phenolic OH excluding ortho intramolecular Hbond substituents is 1. The van der Waals surface area contributed by atoms with E-state index in [-0.39, 0.29) is 18.5 Å². The van der Waals surface area contributed by atoms with Gasteiger partial charge in [-0.25, -0.2) is 4.79 Å². The molecule has 9 heteroatoms. The van der Waals surface area contributed by atoms with Crippen LogP contribution in [-0.2, 0) is 9.53 Å². The first-order valence-corrected chi connectivity index (χ1v) is 9.47. The van der Waals surface area contributed by atoms with Crippen LogP contribution in [0.4, 0.5) is 0 Å². The standard InChI is InChI=1S/C21H21N3O6/c1-13(2)21(26)28-8-4-3-7-27-14-5-6-15-16(9-14)23-24(22-15)17-10-19-20(11-18(17)25)30-12-29-19/h5-6,9-11,25H,1,3-4,7-8,12H2,2H3. The Hall–Kier alpha value is -3.75. The Bertz CT molecular complexity index is 1110. The summed E-state index contributed by atoms with van der Waals surface area (Å²) in [6, 6.07) is 8.50. The molecule has 4 rings (SSSR count). The summed E-state index contributed by atoms with van der Waals surface area (Å²) < 4.78 is 21.4. The Morgan fingerprint density at radius 3 is 2.67 bits per heavy atom. The maximum Gasteiger partial charge on any atom is 0.333 e. The first kappa shape index (κ1) is 19.6. The van der Waals surface area contributed by atoms with Crippen LogP contribution in [0.3, 0.4) is 0 Å². The van der Waals surface area contributed by atoms with Crippen LogP contribution in [-0.4, -0.2) is 46.1 Å². The second kappa shape index (κ2) is 8.32. The van der Waals surface area contributed by atoms with E-state index in [1.54, 1.807) is 25.1 Å². The number of carbonyl (C=O) groups is 1. The van der Waals surface area contributed by atoms with Gasteiger partial charge in [0.25, 0.3) is 0 Å². The number of nitrogens with zero attached hydrogens (tertiary/aromatic N) is 3. The summed E-state index contributed by atoms with van der Waals surface area (Å²) >= 11 is 0. The third kappa shape index (κ3) is 4.14. The maximum absolute atomic E-state index is 11.3. The highest BCUT2D eigenvalue weighted by atomic mass is 16.7. The number of carbonyl (C=O) groups excluding carboxylic acids is 1. The van der Waals surface area contributed by atoms with E-state index in [1.165, 1.54) is 10.9 Å². The quantitative estimate of drug-likeness (QED) is 0.342. The van der Waals surface area contributed by atoms with Crippen LogP contribution in [0.5, 0.6) is 23.0 Å². The number of hydrogen-bond donors (Lipinski definition) is 1. The molecule has 0 aliphatic carbocycles. The molecule has 0 radical (unpaired) electrons. The predicted octanol–water partition coefficient (Wildman–Crippen LogP) is 3.13. The zero-order valence-corrected chi connectivity index (χ0v) is 16.5. The smallest absolute Gasteiger partial charge is 0.333 e. The lowest BCUT2D eigenvalue weighted by Gasteiger charge is -2.06. The van der Waals surface area contributed by atoms with Crippen molar-refractivity contribution in [3.05, 3.63) is 42.5 Å². The normalized spacial score (nSPS) is 12.2. The SMILES string of the molecule is C=C(C)C(=O)OCCCCOc1ccc2nn(-c3cc4c(cc3O)OCO4)nc2c1. The Kier molecular flexibility index (Phi) is 5.42. The summed E-state index contributed by atoms with van der Waals surface area (Å²) in [5, 5.41) is 19.1. The molecule has 30 heavy (non-hydrogen) atoms. The fraction of sp³-hybridized carbons (Fsp3) is 0.286. The molecule has 1 N–H and O–H groups in total. The Morgan fingerprint density at radius 2 is 1.87 bits per heavy atom. The number of unbranched alkanes of at least 4 members (excludes halogenated alkanes) is 1. The molecule has 0 fully saturated rings. The van der Waals surface area contributed by atoms with Crippen molar-refractivity contribution in [1.29, 1.82) is 0 Å². The zero-order valence-electron chi connectivity index (χ0n) is 16.5. The van der Waals surface area contributed by atoms with E-state index >= 15 is 0 Å². The van der Waals surface area contributed by atoms with Gasteiger partial charge in [-0.3, -0.25) is 0 Å². The van der Waals surface area contributed by atoms with Gasteiger partial charge in [0.2, 0.25) is 6.79 Å². The Morgan fingerprint density at radius 1 is 1.13 bits per heavy atom. The molecule has 156 valence electrons. The lowest BCUT2D eigenvalue weighted by atomic mass is 10.2. The number of benzene rings is 2. The first-order chi connectivity index (χ1) is 14.5. The predicted molar refractivity (Wildman–Crippen MR) is 107 cm³/mol. The molecule has 0 spiro atoms. The van der Waals surface area contributed by atoms with Crippen LogP contribution in [0.2, 0.25) is 0 Å². The molecule has 0 saturated heterocycles. The van der Waals surface area contributed by atoms with Gasteiger partial charge in [0.15, 0.2) is 11.5 Å². The zero-order chi connectivity index (χ0) is 21.1. The third-order valence-electron chi connectivity index (χ3n) is 4.43. The van der Waals surface area contributed by atoms with Gasteiger partial charge in [-0.15, -0.1) is 15.0 Å². The van der Waals surface area contributed by atoms with E-state index < -0.39 is 0 Å². The molecule has 1 aliphatic rings. The summed E-state index contributed by atoms with van der Waals surface area (Å²) in [7, 11) is 0. The fourth-order valence-corrected chi connectivity index (χ4v) is 2.85. The molecule has 2 heterocycles. The van der Waals surface area contributed by atoms with Gasteiger partial charge in [-0.2, -0.15) is 0 Å². The minimum absolute atomic E-state index is 0.0108. The van der Waals surface area contributed by atoms with Gasteiger partial charge in [0.1, 0.15) is 28.2 Å². The van der Waals surface area contributed by atoms with Crippen LogP contribution in [0.1, 0.15) is 19.8 Å². The van der Waals surface area contributed by atoms with Crippen molar-refractivity contribution in [2.75, 3.05) is 20.0 Å². The topological polar surface area (TPSA) is 105 Å². The molecule has 2 aromatic carbocycles. The minimum Gasteiger partial charge on any atom is -0.505 e. The van der Waals surface area contributed by atoms with Crippen LogP contribution in [0.25, 0.3) is 16.7 Å². The van der Waals surface area contributed by atoms with E-state index in [9.17, 15) is 9.90 Å². The van der Waals surface area contributed by atoms with Crippen molar-refractivity contribution < 1.29 is 28.8 Å². The van der Waals surface area contributed by atoms with Gasteiger partial charge in [-0.05, 0) is 31.9 Å². The molecule has 0 unspecified atom stereocenters.